The molecule has 0 atom stereocenters. The Balaban J connectivity index is 2.18. The topological polar surface area (TPSA) is 70.3 Å². The van der Waals surface area contributed by atoms with Crippen LogP contribution in [0.5, 0.6) is 5.75 Å². The number of carboxylic acid groups (broad SMARTS) is 1. The van der Waals surface area contributed by atoms with Gasteiger partial charge in [-0.05, 0) is 41.5 Å². The third-order valence-corrected chi connectivity index (χ3v) is 2.83. The highest BCUT2D eigenvalue weighted by molar-refractivity contribution is 5.89. The van der Waals surface area contributed by atoms with Crippen molar-refractivity contribution in [3.05, 3.63) is 65.5 Å². The molecule has 0 fully saturated rings. The number of benzene rings is 2. The second-order valence-electron chi connectivity index (χ2n) is 4.43. The molecular formula is C17H12FNO3. The second-order valence-corrected chi connectivity index (χ2v) is 4.43. The molecule has 0 spiro atoms. The number of hydrogen-bond donors (Lipinski definition) is 1. The maximum Gasteiger partial charge on any atom is 0.341 e. The predicted molar refractivity (Wildman–Crippen MR) is 79.5 cm³/mol. The van der Waals surface area contributed by atoms with Crippen molar-refractivity contribution in [2.24, 2.45) is 0 Å². The van der Waals surface area contributed by atoms with Crippen LogP contribution < -0.4 is 4.74 Å². The van der Waals surface area contributed by atoms with Crippen LogP contribution in [0.4, 0.5) is 4.39 Å². The SMILES string of the molecule is N#CC(=Cc1ccc(OCC(=O)O)cc1)c1ccc(F)cc1. The number of nitriles is 1. The second kappa shape index (κ2) is 7.04. The highest BCUT2D eigenvalue weighted by Gasteiger charge is 2.03. The molecule has 0 amide bonds. The Morgan fingerprint density at radius 3 is 2.36 bits per heavy atom. The van der Waals surface area contributed by atoms with E-state index >= 15 is 0 Å². The summed E-state index contributed by atoms with van der Waals surface area (Å²) in [6, 6.07) is 14.4. The van der Waals surface area contributed by atoms with Crippen molar-refractivity contribution in [1.29, 1.82) is 5.26 Å². The molecule has 0 unspecified atom stereocenters. The quantitative estimate of drug-likeness (QED) is 0.678. The van der Waals surface area contributed by atoms with Crippen LogP contribution in [0, 0.1) is 17.1 Å². The van der Waals surface area contributed by atoms with E-state index in [2.05, 4.69) is 6.07 Å². The Kier molecular flexibility index (Phi) is 4.89. The van der Waals surface area contributed by atoms with Crippen LogP contribution in [0.15, 0.2) is 48.5 Å². The van der Waals surface area contributed by atoms with E-state index in [0.717, 1.165) is 5.56 Å². The Labute approximate surface area is 126 Å². The van der Waals surface area contributed by atoms with Gasteiger partial charge in [0, 0.05) is 0 Å². The van der Waals surface area contributed by atoms with Crippen molar-refractivity contribution in [3.8, 4) is 11.8 Å². The molecular weight excluding hydrogens is 285 g/mol. The van der Waals surface area contributed by atoms with Crippen LogP contribution in [-0.4, -0.2) is 17.7 Å². The zero-order valence-corrected chi connectivity index (χ0v) is 11.5. The molecule has 22 heavy (non-hydrogen) atoms. The first-order chi connectivity index (χ1) is 10.6. The van der Waals surface area contributed by atoms with Crippen molar-refractivity contribution >= 4 is 17.6 Å². The molecule has 0 radical (unpaired) electrons. The molecule has 4 nitrogen and oxygen atoms in total. The van der Waals surface area contributed by atoms with E-state index in [9.17, 15) is 14.4 Å². The van der Waals surface area contributed by atoms with E-state index in [1.165, 1.54) is 24.3 Å². The highest BCUT2D eigenvalue weighted by Crippen LogP contribution is 2.20. The third-order valence-electron chi connectivity index (χ3n) is 2.83. The molecule has 1 N–H and O–H groups in total. The minimum absolute atomic E-state index is 0.360. The fourth-order valence-electron chi connectivity index (χ4n) is 1.78. The molecule has 0 saturated heterocycles. The Bertz CT molecular complexity index is 728. The Morgan fingerprint density at radius 2 is 1.82 bits per heavy atom. The minimum Gasteiger partial charge on any atom is -0.482 e. The lowest BCUT2D eigenvalue weighted by Gasteiger charge is -2.04. The van der Waals surface area contributed by atoms with Crippen LogP contribution in [0.3, 0.4) is 0 Å². The number of carboxylic acids is 1. The maximum absolute atomic E-state index is 12.9. The highest BCUT2D eigenvalue weighted by atomic mass is 19.1. The predicted octanol–water partition coefficient (Wildman–Crippen LogP) is 3.35. The van der Waals surface area contributed by atoms with Crippen molar-refractivity contribution in [2.45, 2.75) is 0 Å². The summed E-state index contributed by atoms with van der Waals surface area (Å²) in [6.45, 7) is -0.409. The van der Waals surface area contributed by atoms with E-state index < -0.39 is 12.6 Å². The van der Waals surface area contributed by atoms with E-state index in [4.69, 9.17) is 9.84 Å². The van der Waals surface area contributed by atoms with Gasteiger partial charge in [-0.2, -0.15) is 5.26 Å². The van der Waals surface area contributed by atoms with Crippen molar-refractivity contribution < 1.29 is 19.0 Å². The van der Waals surface area contributed by atoms with Gasteiger partial charge < -0.3 is 9.84 Å². The lowest BCUT2D eigenvalue weighted by molar-refractivity contribution is -0.139. The van der Waals surface area contributed by atoms with Gasteiger partial charge >= 0.3 is 5.97 Å². The van der Waals surface area contributed by atoms with Gasteiger partial charge in [0.05, 0.1) is 11.6 Å². The molecule has 0 heterocycles. The summed E-state index contributed by atoms with van der Waals surface area (Å²) in [6.07, 6.45) is 1.66. The summed E-state index contributed by atoms with van der Waals surface area (Å²) in [7, 11) is 0. The van der Waals surface area contributed by atoms with Crippen LogP contribution in [0.2, 0.25) is 0 Å². The van der Waals surface area contributed by atoms with E-state index in [1.54, 1.807) is 30.3 Å². The van der Waals surface area contributed by atoms with Gasteiger partial charge in [-0.25, -0.2) is 9.18 Å². The molecule has 0 aliphatic carbocycles. The molecule has 2 rings (SSSR count). The average Bonchev–Trinajstić information content (AvgIpc) is 2.52. The largest absolute Gasteiger partial charge is 0.482 e. The lowest BCUT2D eigenvalue weighted by atomic mass is 10.0. The maximum atomic E-state index is 12.9. The van der Waals surface area contributed by atoms with Crippen LogP contribution in [0.25, 0.3) is 11.6 Å². The number of rotatable bonds is 5. The summed E-state index contributed by atoms with van der Waals surface area (Å²) in [5.74, 6) is -0.979. The fourth-order valence-corrected chi connectivity index (χ4v) is 1.78. The summed E-state index contributed by atoms with van der Waals surface area (Å²) >= 11 is 0. The van der Waals surface area contributed by atoms with Gasteiger partial charge in [0.15, 0.2) is 6.61 Å². The molecule has 2 aromatic carbocycles. The monoisotopic (exact) mass is 297 g/mol. The zero-order chi connectivity index (χ0) is 15.9. The number of halogens is 1. The van der Waals surface area contributed by atoms with E-state index in [1.807, 2.05) is 0 Å². The summed E-state index contributed by atoms with van der Waals surface area (Å²) in [5.41, 5.74) is 1.78. The Morgan fingerprint density at radius 1 is 1.18 bits per heavy atom. The average molecular weight is 297 g/mol. The van der Waals surface area contributed by atoms with Crippen molar-refractivity contribution in [3.63, 3.8) is 0 Å². The van der Waals surface area contributed by atoms with Crippen LogP contribution in [0.1, 0.15) is 11.1 Å². The van der Waals surface area contributed by atoms with Gasteiger partial charge in [-0.15, -0.1) is 0 Å². The number of nitrogens with zero attached hydrogens (tertiary/aromatic N) is 1. The van der Waals surface area contributed by atoms with Gasteiger partial charge in [0.1, 0.15) is 11.6 Å². The number of aliphatic carboxylic acids is 1. The minimum atomic E-state index is -1.05. The normalized spacial score (nSPS) is 10.8. The van der Waals surface area contributed by atoms with Crippen LogP contribution >= 0.6 is 0 Å². The first-order valence-corrected chi connectivity index (χ1v) is 6.41. The van der Waals surface area contributed by atoms with E-state index in [-0.39, 0.29) is 5.82 Å². The first-order valence-electron chi connectivity index (χ1n) is 6.41. The molecule has 0 saturated carbocycles. The zero-order valence-electron chi connectivity index (χ0n) is 11.5. The third kappa shape index (κ3) is 4.18. The molecule has 5 heteroatoms. The van der Waals surface area contributed by atoms with Crippen molar-refractivity contribution in [1.82, 2.24) is 0 Å². The molecule has 2 aromatic rings. The Hall–Kier alpha value is -3.13. The van der Waals surface area contributed by atoms with Gasteiger partial charge in [0.2, 0.25) is 0 Å². The van der Waals surface area contributed by atoms with Crippen LogP contribution in [-0.2, 0) is 4.79 Å². The smallest absolute Gasteiger partial charge is 0.341 e. The molecule has 110 valence electrons. The molecule has 0 aliphatic rings. The van der Waals surface area contributed by atoms with Gasteiger partial charge in [-0.1, -0.05) is 24.3 Å². The van der Waals surface area contributed by atoms with Gasteiger partial charge in [-0.3, -0.25) is 0 Å². The molecule has 0 aromatic heterocycles. The van der Waals surface area contributed by atoms with Gasteiger partial charge in [0.25, 0.3) is 0 Å². The molecule has 0 aliphatic heterocycles. The summed E-state index contributed by atoms with van der Waals surface area (Å²) in [5, 5.41) is 17.7. The number of ether oxygens (including phenoxy) is 1. The molecule has 0 bridgehead atoms. The lowest BCUT2D eigenvalue weighted by Crippen LogP contribution is -2.09. The van der Waals surface area contributed by atoms with E-state index in [0.29, 0.717) is 16.9 Å². The standard InChI is InChI=1S/C17H12FNO3/c18-15-5-3-13(4-6-15)14(10-19)9-12-1-7-16(8-2-12)22-11-17(20)21/h1-9H,11H2,(H,20,21). The first kappa shape index (κ1) is 15.3. The number of hydrogen-bond acceptors (Lipinski definition) is 3. The van der Waals surface area contributed by atoms with Crippen molar-refractivity contribution in [2.75, 3.05) is 6.61 Å². The number of allylic oxidation sites excluding steroid dienone is 1. The summed E-state index contributed by atoms with van der Waals surface area (Å²) in [4.78, 5) is 10.4. The summed E-state index contributed by atoms with van der Waals surface area (Å²) < 4.78 is 17.9. The fraction of sp³-hybridized carbons (Fsp3) is 0.0588. The number of carbonyl (C=O) groups is 1.